The van der Waals surface area contributed by atoms with Gasteiger partial charge in [-0.25, -0.2) is 0 Å². The van der Waals surface area contributed by atoms with E-state index >= 15 is 0 Å². The van der Waals surface area contributed by atoms with Crippen molar-refractivity contribution in [3.05, 3.63) is 64.7 Å². The van der Waals surface area contributed by atoms with E-state index in [1.165, 1.54) is 0 Å². The van der Waals surface area contributed by atoms with Crippen molar-refractivity contribution in [1.29, 1.82) is 0 Å². The van der Waals surface area contributed by atoms with Crippen LogP contribution in [0.2, 0.25) is 5.02 Å². The molecule has 2 aromatic carbocycles. The molecule has 1 saturated heterocycles. The number of carbonyl (C=O) groups is 2. The van der Waals surface area contributed by atoms with E-state index in [0.29, 0.717) is 27.9 Å². The van der Waals surface area contributed by atoms with Crippen molar-refractivity contribution in [3.8, 4) is 0 Å². The Morgan fingerprint density at radius 3 is 2.67 bits per heavy atom. The van der Waals surface area contributed by atoms with Crippen LogP contribution in [0.3, 0.4) is 0 Å². The lowest BCUT2D eigenvalue weighted by molar-refractivity contribution is -0.119. The topological polar surface area (TPSA) is 49.4 Å². The number of rotatable bonds is 3. The molecule has 0 aromatic heterocycles. The molecule has 0 aliphatic carbocycles. The van der Waals surface area contributed by atoms with Crippen LogP contribution in [0.1, 0.15) is 15.9 Å². The third kappa shape index (κ3) is 3.57. The maximum absolute atomic E-state index is 12.6. The molecule has 1 aliphatic heterocycles. The Bertz CT molecular complexity index is 767. The highest BCUT2D eigenvalue weighted by Crippen LogP contribution is 2.27. The van der Waals surface area contributed by atoms with Gasteiger partial charge in [0.2, 0.25) is 5.91 Å². The average Bonchev–Trinajstić information content (AvgIpc) is 3.07. The number of amides is 2. The first-order valence-electron chi connectivity index (χ1n) is 7.57. The summed E-state index contributed by atoms with van der Waals surface area (Å²) in [4.78, 5) is 26.9. The molecule has 0 spiro atoms. The predicted octanol–water partition coefficient (Wildman–Crippen LogP) is 3.80. The number of nitrogens with one attached hydrogen (secondary N) is 1. The molecule has 1 fully saturated rings. The molecule has 1 aliphatic rings. The lowest BCUT2D eigenvalue weighted by atomic mass is 10.1. The fourth-order valence-corrected chi connectivity index (χ4v) is 3.98. The standard InChI is InChI=1S/C18H17ClN2O2S/c1-12-7-8-15(14(19)9-12)20-17(22)16-10-24-11-21(16)18(23)13-5-3-2-4-6-13/h2-9,16H,10-11H2,1H3,(H,20,22)/t16-/m1/s1. The molecule has 0 radical (unpaired) electrons. The highest BCUT2D eigenvalue weighted by atomic mass is 35.5. The van der Waals surface area contributed by atoms with E-state index in [1.54, 1.807) is 40.9 Å². The number of thioether (sulfide) groups is 1. The minimum absolute atomic E-state index is 0.129. The Kier molecular flexibility index (Phi) is 5.11. The van der Waals surface area contributed by atoms with E-state index in [2.05, 4.69) is 5.32 Å². The van der Waals surface area contributed by atoms with Crippen molar-refractivity contribution in [3.63, 3.8) is 0 Å². The van der Waals surface area contributed by atoms with E-state index < -0.39 is 6.04 Å². The molecule has 1 atom stereocenters. The quantitative estimate of drug-likeness (QED) is 0.905. The summed E-state index contributed by atoms with van der Waals surface area (Å²) in [5.74, 6) is 0.743. The summed E-state index contributed by atoms with van der Waals surface area (Å²) >= 11 is 7.74. The first-order chi connectivity index (χ1) is 11.6. The van der Waals surface area contributed by atoms with Crippen molar-refractivity contribution in [2.24, 2.45) is 0 Å². The van der Waals surface area contributed by atoms with Gasteiger partial charge in [0.15, 0.2) is 0 Å². The zero-order valence-electron chi connectivity index (χ0n) is 13.2. The number of hydrogen-bond donors (Lipinski definition) is 1. The van der Waals surface area contributed by atoms with Crippen LogP contribution >= 0.6 is 23.4 Å². The van der Waals surface area contributed by atoms with Crippen LogP contribution in [-0.2, 0) is 4.79 Å². The van der Waals surface area contributed by atoms with Crippen LogP contribution in [0.5, 0.6) is 0 Å². The zero-order chi connectivity index (χ0) is 17.1. The molecular formula is C18H17ClN2O2S. The molecule has 0 saturated carbocycles. The lowest BCUT2D eigenvalue weighted by Gasteiger charge is -2.23. The zero-order valence-corrected chi connectivity index (χ0v) is 14.7. The molecule has 0 unspecified atom stereocenters. The second-order valence-corrected chi connectivity index (χ2v) is 7.04. The summed E-state index contributed by atoms with van der Waals surface area (Å²) in [6, 6.07) is 14.0. The molecule has 6 heteroatoms. The Labute approximate surface area is 150 Å². The van der Waals surface area contributed by atoms with Crippen LogP contribution < -0.4 is 5.32 Å². The summed E-state index contributed by atoms with van der Waals surface area (Å²) < 4.78 is 0. The van der Waals surface area contributed by atoms with E-state index in [1.807, 2.05) is 31.2 Å². The Morgan fingerprint density at radius 1 is 1.21 bits per heavy atom. The number of benzene rings is 2. The van der Waals surface area contributed by atoms with E-state index in [-0.39, 0.29) is 11.8 Å². The van der Waals surface area contributed by atoms with Crippen molar-refractivity contribution in [1.82, 2.24) is 4.90 Å². The number of hydrogen-bond acceptors (Lipinski definition) is 3. The van der Waals surface area contributed by atoms with Gasteiger partial charge in [-0.3, -0.25) is 9.59 Å². The van der Waals surface area contributed by atoms with Crippen molar-refractivity contribution in [2.75, 3.05) is 16.9 Å². The fourth-order valence-electron chi connectivity index (χ4n) is 2.54. The molecular weight excluding hydrogens is 344 g/mol. The summed E-state index contributed by atoms with van der Waals surface area (Å²) in [6.07, 6.45) is 0. The SMILES string of the molecule is Cc1ccc(NC(=O)[C@H]2CSCN2C(=O)c2ccccc2)c(Cl)c1. The molecule has 0 bridgehead atoms. The maximum atomic E-state index is 12.6. The molecule has 4 nitrogen and oxygen atoms in total. The molecule has 24 heavy (non-hydrogen) atoms. The molecule has 3 rings (SSSR count). The van der Waals surface area contributed by atoms with E-state index in [9.17, 15) is 9.59 Å². The monoisotopic (exact) mass is 360 g/mol. The number of anilines is 1. The smallest absolute Gasteiger partial charge is 0.255 e. The second kappa shape index (κ2) is 7.28. The van der Waals surface area contributed by atoms with Crippen LogP contribution in [0, 0.1) is 6.92 Å². The molecule has 2 amide bonds. The van der Waals surface area contributed by atoms with Gasteiger partial charge in [-0.2, -0.15) is 0 Å². The van der Waals surface area contributed by atoms with Gasteiger partial charge in [-0.1, -0.05) is 35.9 Å². The normalized spacial score (nSPS) is 16.9. The van der Waals surface area contributed by atoms with Crippen molar-refractivity contribution < 1.29 is 9.59 Å². The van der Waals surface area contributed by atoms with Gasteiger partial charge in [0, 0.05) is 11.3 Å². The molecule has 1 N–H and O–H groups in total. The van der Waals surface area contributed by atoms with Crippen molar-refractivity contribution in [2.45, 2.75) is 13.0 Å². The Morgan fingerprint density at radius 2 is 1.96 bits per heavy atom. The average molecular weight is 361 g/mol. The first kappa shape index (κ1) is 16.9. The summed E-state index contributed by atoms with van der Waals surface area (Å²) in [6.45, 7) is 1.94. The van der Waals surface area contributed by atoms with Gasteiger partial charge in [-0.15, -0.1) is 11.8 Å². The van der Waals surface area contributed by atoms with E-state index in [4.69, 9.17) is 11.6 Å². The maximum Gasteiger partial charge on any atom is 0.255 e. The van der Waals surface area contributed by atoms with Crippen LogP contribution in [0.15, 0.2) is 48.5 Å². The third-order valence-electron chi connectivity index (χ3n) is 3.85. The second-order valence-electron chi connectivity index (χ2n) is 5.63. The van der Waals surface area contributed by atoms with Crippen LogP contribution in [0.4, 0.5) is 5.69 Å². The van der Waals surface area contributed by atoms with Gasteiger partial charge in [-0.05, 0) is 36.8 Å². The summed E-state index contributed by atoms with van der Waals surface area (Å²) in [7, 11) is 0. The lowest BCUT2D eigenvalue weighted by Crippen LogP contribution is -2.44. The largest absolute Gasteiger partial charge is 0.323 e. The molecule has 2 aromatic rings. The highest BCUT2D eigenvalue weighted by molar-refractivity contribution is 7.99. The van der Waals surface area contributed by atoms with Gasteiger partial charge in [0.25, 0.3) is 5.91 Å². The number of halogens is 1. The molecule has 124 valence electrons. The van der Waals surface area contributed by atoms with Crippen LogP contribution in [0.25, 0.3) is 0 Å². The highest BCUT2D eigenvalue weighted by Gasteiger charge is 2.35. The number of nitrogens with zero attached hydrogens (tertiary/aromatic N) is 1. The predicted molar refractivity (Wildman–Crippen MR) is 98.5 cm³/mol. The summed E-state index contributed by atoms with van der Waals surface area (Å²) in [5, 5.41) is 3.33. The van der Waals surface area contributed by atoms with Crippen LogP contribution in [-0.4, -0.2) is 34.4 Å². The minimum atomic E-state index is -0.500. The Balaban J connectivity index is 1.75. The third-order valence-corrected chi connectivity index (χ3v) is 5.17. The summed E-state index contributed by atoms with van der Waals surface area (Å²) in [5.41, 5.74) is 2.18. The Hall–Kier alpha value is -1.98. The fraction of sp³-hybridized carbons (Fsp3) is 0.222. The van der Waals surface area contributed by atoms with E-state index in [0.717, 1.165) is 5.56 Å². The minimum Gasteiger partial charge on any atom is -0.323 e. The number of carbonyl (C=O) groups excluding carboxylic acids is 2. The van der Waals surface area contributed by atoms with Gasteiger partial charge < -0.3 is 10.2 Å². The molecule has 1 heterocycles. The first-order valence-corrected chi connectivity index (χ1v) is 9.10. The van der Waals surface area contributed by atoms with Gasteiger partial charge in [0.1, 0.15) is 6.04 Å². The van der Waals surface area contributed by atoms with Crippen molar-refractivity contribution >= 4 is 40.9 Å². The number of aryl methyl sites for hydroxylation is 1. The van der Waals surface area contributed by atoms with Gasteiger partial charge in [0.05, 0.1) is 16.6 Å². The van der Waals surface area contributed by atoms with Gasteiger partial charge >= 0.3 is 0 Å².